The van der Waals surface area contributed by atoms with Crippen molar-refractivity contribution >= 4 is 18.2 Å². The van der Waals surface area contributed by atoms with Crippen molar-refractivity contribution in [3.8, 4) is 0 Å². The van der Waals surface area contributed by atoms with Gasteiger partial charge in [0, 0.05) is 31.0 Å². The van der Waals surface area contributed by atoms with Gasteiger partial charge in [-0.05, 0) is 47.5 Å². The maximum atomic E-state index is 3.98. The zero-order valence-corrected chi connectivity index (χ0v) is 13.6. The highest BCUT2D eigenvalue weighted by atomic mass is 14.6. The molecule has 0 radical (unpaired) electrons. The van der Waals surface area contributed by atoms with Gasteiger partial charge in [-0.25, -0.2) is 0 Å². The fourth-order valence-corrected chi connectivity index (χ4v) is 1.49. The molecule has 0 aliphatic carbocycles. The fraction of sp³-hybridized carbons (Fsp3) is 0. The van der Waals surface area contributed by atoms with E-state index in [9.17, 15) is 0 Å². The van der Waals surface area contributed by atoms with E-state index in [0.717, 1.165) is 16.8 Å². The SMILES string of the molecule is C=Cc1ccccn1.C=Cc1cccnc1.C=Cc1ccncc1. The van der Waals surface area contributed by atoms with Crippen LogP contribution in [-0.2, 0) is 0 Å². The Bertz CT molecular complexity index is 604. The summed E-state index contributed by atoms with van der Waals surface area (Å²) in [6.45, 7) is 10.8. The predicted molar refractivity (Wildman–Crippen MR) is 103 cm³/mol. The van der Waals surface area contributed by atoms with Gasteiger partial charge in [0.1, 0.15) is 0 Å². The first-order valence-electron chi connectivity index (χ1n) is 7.38. The molecule has 0 aliphatic heterocycles. The highest BCUT2D eigenvalue weighted by Gasteiger charge is 1.78. The maximum Gasteiger partial charge on any atom is 0.0623 e. The number of nitrogens with zero attached hydrogens (tertiary/aromatic N) is 3. The third-order valence-electron chi connectivity index (χ3n) is 2.76. The summed E-state index contributed by atoms with van der Waals surface area (Å²) in [5, 5.41) is 0. The Balaban J connectivity index is 0.000000180. The maximum absolute atomic E-state index is 3.98. The molecule has 0 unspecified atom stereocenters. The summed E-state index contributed by atoms with van der Waals surface area (Å²) in [4.78, 5) is 11.7. The quantitative estimate of drug-likeness (QED) is 0.669. The number of aromatic nitrogens is 3. The van der Waals surface area contributed by atoms with Crippen molar-refractivity contribution in [1.29, 1.82) is 0 Å². The summed E-state index contributed by atoms with van der Waals surface area (Å²) in [5.74, 6) is 0. The zero-order valence-electron chi connectivity index (χ0n) is 13.6. The third kappa shape index (κ3) is 8.20. The van der Waals surface area contributed by atoms with E-state index in [-0.39, 0.29) is 0 Å². The van der Waals surface area contributed by atoms with Crippen molar-refractivity contribution in [2.75, 3.05) is 0 Å². The largest absolute Gasteiger partial charge is 0.265 e. The van der Waals surface area contributed by atoms with Crippen molar-refractivity contribution in [1.82, 2.24) is 15.0 Å². The van der Waals surface area contributed by atoms with Crippen LogP contribution < -0.4 is 0 Å². The van der Waals surface area contributed by atoms with Crippen molar-refractivity contribution in [3.05, 3.63) is 110 Å². The van der Waals surface area contributed by atoms with Gasteiger partial charge in [-0.3, -0.25) is 15.0 Å². The van der Waals surface area contributed by atoms with Crippen LogP contribution in [0.4, 0.5) is 0 Å². The van der Waals surface area contributed by atoms with E-state index in [1.54, 1.807) is 49.2 Å². The van der Waals surface area contributed by atoms with Gasteiger partial charge < -0.3 is 0 Å². The number of hydrogen-bond acceptors (Lipinski definition) is 3. The minimum absolute atomic E-state index is 0.924. The second kappa shape index (κ2) is 12.2. The van der Waals surface area contributed by atoms with Crippen LogP contribution in [0.15, 0.2) is 93.2 Å². The average molecular weight is 315 g/mol. The predicted octanol–water partition coefficient (Wildman–Crippen LogP) is 5.17. The molecule has 0 aromatic carbocycles. The average Bonchev–Trinajstić information content (AvgIpc) is 2.71. The monoisotopic (exact) mass is 315 g/mol. The molecule has 3 heteroatoms. The molecular formula is C21H21N3. The van der Waals surface area contributed by atoms with E-state index in [1.807, 2.05) is 42.5 Å². The molecule has 0 saturated carbocycles. The molecule has 0 N–H and O–H groups in total. The molecule has 3 rings (SSSR count). The molecule has 24 heavy (non-hydrogen) atoms. The van der Waals surface area contributed by atoms with Crippen LogP contribution in [0.1, 0.15) is 16.8 Å². The van der Waals surface area contributed by atoms with Gasteiger partial charge in [-0.15, -0.1) is 0 Å². The smallest absolute Gasteiger partial charge is 0.0623 e. The summed E-state index contributed by atoms with van der Waals surface area (Å²) in [6.07, 6.45) is 14.0. The highest BCUT2D eigenvalue weighted by molar-refractivity contribution is 5.45. The normalized spacial score (nSPS) is 8.50. The summed E-state index contributed by atoms with van der Waals surface area (Å²) in [6, 6.07) is 13.4. The molecule has 0 spiro atoms. The summed E-state index contributed by atoms with van der Waals surface area (Å²) in [5.41, 5.74) is 3.10. The van der Waals surface area contributed by atoms with Gasteiger partial charge >= 0.3 is 0 Å². The molecular weight excluding hydrogens is 294 g/mol. The highest BCUT2D eigenvalue weighted by Crippen LogP contribution is 1.95. The van der Waals surface area contributed by atoms with E-state index in [0.29, 0.717) is 0 Å². The summed E-state index contributed by atoms with van der Waals surface area (Å²) in [7, 11) is 0. The Morgan fingerprint density at radius 1 is 0.625 bits per heavy atom. The first kappa shape index (κ1) is 18.7. The lowest BCUT2D eigenvalue weighted by Gasteiger charge is -1.84. The molecule has 0 aliphatic rings. The lowest BCUT2D eigenvalue weighted by Crippen LogP contribution is -1.73. The molecule has 3 heterocycles. The topological polar surface area (TPSA) is 38.7 Å². The van der Waals surface area contributed by atoms with Crippen molar-refractivity contribution < 1.29 is 0 Å². The van der Waals surface area contributed by atoms with Gasteiger partial charge in [0.05, 0.1) is 5.69 Å². The molecule has 3 aromatic heterocycles. The fourth-order valence-electron chi connectivity index (χ4n) is 1.49. The van der Waals surface area contributed by atoms with E-state index in [2.05, 4.69) is 34.7 Å². The first-order chi connectivity index (χ1) is 11.8. The second-order valence-corrected chi connectivity index (χ2v) is 4.43. The molecule has 3 aromatic rings. The molecule has 3 nitrogen and oxygen atoms in total. The standard InChI is InChI=1S/3C7H7N/c1-2-7-3-5-8-6-4-7;1-2-7-4-3-5-8-6-7;1-2-7-5-3-4-6-8-7/h3*2-6H,1H2. The van der Waals surface area contributed by atoms with Gasteiger partial charge in [0.25, 0.3) is 0 Å². The van der Waals surface area contributed by atoms with Crippen LogP contribution in [0.25, 0.3) is 18.2 Å². The van der Waals surface area contributed by atoms with Crippen LogP contribution in [-0.4, -0.2) is 15.0 Å². The molecule has 120 valence electrons. The zero-order chi connectivity index (χ0) is 17.5. The van der Waals surface area contributed by atoms with Gasteiger partial charge in [-0.2, -0.15) is 0 Å². The van der Waals surface area contributed by atoms with Crippen LogP contribution in [0.3, 0.4) is 0 Å². The van der Waals surface area contributed by atoms with Crippen molar-refractivity contribution in [2.45, 2.75) is 0 Å². The Morgan fingerprint density at radius 2 is 1.38 bits per heavy atom. The number of hydrogen-bond donors (Lipinski definition) is 0. The van der Waals surface area contributed by atoms with Crippen molar-refractivity contribution in [3.63, 3.8) is 0 Å². The van der Waals surface area contributed by atoms with E-state index < -0.39 is 0 Å². The Kier molecular flexibility index (Phi) is 9.54. The molecule has 0 bridgehead atoms. The lowest BCUT2D eigenvalue weighted by atomic mass is 10.3. The van der Waals surface area contributed by atoms with Gasteiger partial charge in [-0.1, -0.05) is 44.0 Å². The molecule has 0 atom stereocenters. The molecule has 0 amide bonds. The third-order valence-corrected chi connectivity index (χ3v) is 2.76. The van der Waals surface area contributed by atoms with Crippen LogP contribution >= 0.6 is 0 Å². The minimum atomic E-state index is 0.924. The van der Waals surface area contributed by atoms with E-state index in [1.165, 1.54) is 0 Å². The van der Waals surface area contributed by atoms with Crippen LogP contribution in [0.2, 0.25) is 0 Å². The Hall–Kier alpha value is -3.33. The minimum Gasteiger partial charge on any atom is -0.265 e. The second-order valence-electron chi connectivity index (χ2n) is 4.43. The van der Waals surface area contributed by atoms with E-state index in [4.69, 9.17) is 0 Å². The van der Waals surface area contributed by atoms with Gasteiger partial charge in [0.15, 0.2) is 0 Å². The lowest BCUT2D eigenvalue weighted by molar-refractivity contribution is 1.30. The summed E-state index contributed by atoms with van der Waals surface area (Å²) < 4.78 is 0. The first-order valence-corrected chi connectivity index (χ1v) is 7.38. The van der Waals surface area contributed by atoms with Crippen LogP contribution in [0.5, 0.6) is 0 Å². The Labute approximate surface area is 143 Å². The Morgan fingerprint density at radius 3 is 1.75 bits per heavy atom. The molecule has 0 fully saturated rings. The van der Waals surface area contributed by atoms with Crippen LogP contribution in [0, 0.1) is 0 Å². The van der Waals surface area contributed by atoms with Crippen molar-refractivity contribution in [2.24, 2.45) is 0 Å². The van der Waals surface area contributed by atoms with E-state index >= 15 is 0 Å². The number of pyridine rings is 3. The van der Waals surface area contributed by atoms with Gasteiger partial charge in [0.2, 0.25) is 0 Å². The number of rotatable bonds is 3. The summed E-state index contributed by atoms with van der Waals surface area (Å²) >= 11 is 0. The molecule has 0 saturated heterocycles.